The highest BCUT2D eigenvalue weighted by molar-refractivity contribution is 7.98. The SMILES string of the molecule is CCN(CC)C1CCN(C(=NCc2nnc(C)n2C)NCCCSC)C1. The molecule has 1 aliphatic heterocycles. The fourth-order valence-corrected chi connectivity index (χ4v) is 3.82. The number of likely N-dealkylation sites (tertiary alicyclic amines) is 1. The molecule has 0 aromatic carbocycles. The van der Waals surface area contributed by atoms with Gasteiger partial charge in [-0.05, 0) is 44.9 Å². The number of thioether (sulfide) groups is 1. The Morgan fingerprint density at radius 2 is 2.12 bits per heavy atom. The van der Waals surface area contributed by atoms with Gasteiger partial charge in [-0.15, -0.1) is 10.2 Å². The van der Waals surface area contributed by atoms with Crippen molar-refractivity contribution in [3.63, 3.8) is 0 Å². The molecule has 0 amide bonds. The minimum absolute atomic E-state index is 0.564. The molecule has 1 fully saturated rings. The summed E-state index contributed by atoms with van der Waals surface area (Å²) in [6.07, 6.45) is 4.51. The number of guanidine groups is 1. The summed E-state index contributed by atoms with van der Waals surface area (Å²) in [5.41, 5.74) is 0. The fraction of sp³-hybridized carbons (Fsp3) is 0.833. The van der Waals surface area contributed by atoms with Crippen LogP contribution in [-0.2, 0) is 13.6 Å². The lowest BCUT2D eigenvalue weighted by Crippen LogP contribution is -2.43. The lowest BCUT2D eigenvalue weighted by molar-refractivity contribution is 0.223. The van der Waals surface area contributed by atoms with Crippen molar-refractivity contribution in [1.82, 2.24) is 29.9 Å². The minimum Gasteiger partial charge on any atom is -0.356 e. The zero-order valence-electron chi connectivity index (χ0n) is 17.0. The van der Waals surface area contributed by atoms with E-state index in [2.05, 4.69) is 45.4 Å². The van der Waals surface area contributed by atoms with Crippen molar-refractivity contribution in [3.8, 4) is 0 Å². The van der Waals surface area contributed by atoms with Gasteiger partial charge in [0.25, 0.3) is 0 Å². The average molecular weight is 382 g/mol. The van der Waals surface area contributed by atoms with Crippen LogP contribution >= 0.6 is 11.8 Å². The van der Waals surface area contributed by atoms with Crippen molar-refractivity contribution < 1.29 is 0 Å². The predicted octanol–water partition coefficient (Wildman–Crippen LogP) is 1.74. The molecule has 0 saturated carbocycles. The monoisotopic (exact) mass is 381 g/mol. The highest BCUT2D eigenvalue weighted by Crippen LogP contribution is 2.16. The molecule has 0 bridgehead atoms. The summed E-state index contributed by atoms with van der Waals surface area (Å²) in [6.45, 7) is 12.3. The molecule has 1 aromatic rings. The molecule has 7 nitrogen and oxygen atoms in total. The highest BCUT2D eigenvalue weighted by atomic mass is 32.2. The van der Waals surface area contributed by atoms with Crippen molar-refractivity contribution in [2.45, 2.75) is 46.2 Å². The van der Waals surface area contributed by atoms with Gasteiger partial charge in [0.15, 0.2) is 11.8 Å². The highest BCUT2D eigenvalue weighted by Gasteiger charge is 2.28. The molecule has 2 rings (SSSR count). The normalized spacial score (nSPS) is 18.2. The number of nitrogens with zero attached hydrogens (tertiary/aromatic N) is 6. The maximum Gasteiger partial charge on any atom is 0.194 e. The lowest BCUT2D eigenvalue weighted by Gasteiger charge is -2.27. The third kappa shape index (κ3) is 5.61. The predicted molar refractivity (Wildman–Crippen MR) is 111 cm³/mol. The first-order chi connectivity index (χ1) is 12.6. The van der Waals surface area contributed by atoms with Crippen LogP contribution in [0, 0.1) is 6.92 Å². The summed E-state index contributed by atoms with van der Waals surface area (Å²) in [5, 5.41) is 12.0. The summed E-state index contributed by atoms with van der Waals surface area (Å²) in [4.78, 5) is 9.84. The van der Waals surface area contributed by atoms with E-state index in [4.69, 9.17) is 4.99 Å². The van der Waals surface area contributed by atoms with E-state index in [1.165, 1.54) is 12.2 Å². The zero-order chi connectivity index (χ0) is 18.9. The number of aromatic nitrogens is 3. The number of aryl methyl sites for hydroxylation is 1. The molecule has 2 heterocycles. The van der Waals surface area contributed by atoms with Gasteiger partial charge in [0.2, 0.25) is 0 Å². The van der Waals surface area contributed by atoms with Gasteiger partial charge in [0, 0.05) is 32.7 Å². The third-order valence-corrected chi connectivity index (χ3v) is 5.85. The van der Waals surface area contributed by atoms with Crippen LogP contribution in [0.4, 0.5) is 0 Å². The molecule has 1 aromatic heterocycles. The van der Waals surface area contributed by atoms with Crippen LogP contribution in [-0.4, -0.2) is 81.3 Å². The van der Waals surface area contributed by atoms with Gasteiger partial charge in [0.1, 0.15) is 12.4 Å². The second-order valence-corrected chi connectivity index (χ2v) is 7.73. The Morgan fingerprint density at radius 1 is 1.35 bits per heavy atom. The van der Waals surface area contributed by atoms with Gasteiger partial charge >= 0.3 is 0 Å². The topological polar surface area (TPSA) is 61.6 Å². The smallest absolute Gasteiger partial charge is 0.194 e. The van der Waals surface area contributed by atoms with Crippen LogP contribution in [0.1, 0.15) is 38.3 Å². The van der Waals surface area contributed by atoms with Crippen LogP contribution < -0.4 is 5.32 Å². The average Bonchev–Trinajstić information content (AvgIpc) is 3.24. The van der Waals surface area contributed by atoms with E-state index in [9.17, 15) is 0 Å². The Bertz CT molecular complexity index is 568. The van der Waals surface area contributed by atoms with Gasteiger partial charge in [0.05, 0.1) is 0 Å². The summed E-state index contributed by atoms with van der Waals surface area (Å²) in [5.74, 6) is 4.02. The van der Waals surface area contributed by atoms with Crippen LogP contribution in [0.15, 0.2) is 4.99 Å². The maximum atomic E-state index is 4.88. The van der Waals surface area contributed by atoms with Gasteiger partial charge in [-0.3, -0.25) is 4.90 Å². The molecular formula is C18H35N7S. The first-order valence-electron chi connectivity index (χ1n) is 9.71. The lowest BCUT2D eigenvalue weighted by atomic mass is 10.2. The van der Waals surface area contributed by atoms with Crippen molar-refractivity contribution in [2.75, 3.05) is 44.7 Å². The molecule has 148 valence electrons. The van der Waals surface area contributed by atoms with Gasteiger partial charge in [-0.1, -0.05) is 13.8 Å². The second kappa shape index (κ2) is 10.8. The van der Waals surface area contributed by atoms with Crippen molar-refractivity contribution in [2.24, 2.45) is 12.0 Å². The molecule has 1 N–H and O–H groups in total. The first kappa shape index (κ1) is 21.0. The molecule has 1 saturated heterocycles. The van der Waals surface area contributed by atoms with E-state index in [0.29, 0.717) is 12.6 Å². The zero-order valence-corrected chi connectivity index (χ0v) is 17.8. The number of hydrogen-bond acceptors (Lipinski definition) is 5. The standard InChI is InChI=1S/C18H35N7S/c1-6-24(7-2)16-9-11-25(14-16)18(19-10-8-12-26-5)20-13-17-22-21-15(3)23(17)4/h16H,6-14H2,1-5H3,(H,19,20). The Balaban J connectivity index is 2.03. The maximum absolute atomic E-state index is 4.88. The van der Waals surface area contributed by atoms with E-state index in [1.807, 2.05) is 30.3 Å². The summed E-state index contributed by atoms with van der Waals surface area (Å²) in [6, 6.07) is 0.625. The van der Waals surface area contributed by atoms with E-state index in [-0.39, 0.29) is 0 Å². The van der Waals surface area contributed by atoms with E-state index in [1.54, 1.807) is 0 Å². The van der Waals surface area contributed by atoms with E-state index >= 15 is 0 Å². The van der Waals surface area contributed by atoms with Gasteiger partial charge < -0.3 is 14.8 Å². The van der Waals surface area contributed by atoms with E-state index in [0.717, 1.165) is 56.8 Å². The number of rotatable bonds is 9. The summed E-state index contributed by atoms with van der Waals surface area (Å²) < 4.78 is 2.01. The molecule has 1 aliphatic rings. The minimum atomic E-state index is 0.564. The Morgan fingerprint density at radius 3 is 2.73 bits per heavy atom. The molecule has 1 unspecified atom stereocenters. The van der Waals surface area contributed by atoms with Gasteiger partial charge in [-0.2, -0.15) is 11.8 Å². The van der Waals surface area contributed by atoms with Gasteiger partial charge in [-0.25, -0.2) is 4.99 Å². The van der Waals surface area contributed by atoms with Crippen LogP contribution in [0.25, 0.3) is 0 Å². The Hall–Kier alpha value is -1.28. The van der Waals surface area contributed by atoms with Crippen LogP contribution in [0.2, 0.25) is 0 Å². The molecule has 1 atom stereocenters. The van der Waals surface area contributed by atoms with E-state index < -0.39 is 0 Å². The van der Waals surface area contributed by atoms with Crippen LogP contribution in [0.3, 0.4) is 0 Å². The third-order valence-electron chi connectivity index (χ3n) is 5.15. The largest absolute Gasteiger partial charge is 0.356 e. The summed E-state index contributed by atoms with van der Waals surface area (Å²) >= 11 is 1.89. The molecule has 0 spiro atoms. The van der Waals surface area contributed by atoms with Crippen molar-refractivity contribution in [1.29, 1.82) is 0 Å². The Kier molecular flexibility index (Phi) is 8.71. The van der Waals surface area contributed by atoms with Crippen molar-refractivity contribution in [3.05, 3.63) is 11.6 Å². The molecule has 8 heteroatoms. The quantitative estimate of drug-likeness (QED) is 0.399. The fourth-order valence-electron chi connectivity index (χ4n) is 3.39. The van der Waals surface area contributed by atoms with Crippen LogP contribution in [0.5, 0.6) is 0 Å². The first-order valence-corrected chi connectivity index (χ1v) is 11.1. The summed E-state index contributed by atoms with van der Waals surface area (Å²) in [7, 11) is 2.00. The molecule has 0 aliphatic carbocycles. The Labute approximate surface area is 162 Å². The van der Waals surface area contributed by atoms with Crippen molar-refractivity contribution >= 4 is 17.7 Å². The molecular weight excluding hydrogens is 346 g/mol. The number of hydrogen-bond donors (Lipinski definition) is 1. The number of likely N-dealkylation sites (N-methyl/N-ethyl adjacent to an activating group) is 1. The number of aliphatic imine (C=N–C) groups is 1. The molecule has 26 heavy (non-hydrogen) atoms. The second-order valence-electron chi connectivity index (χ2n) is 6.75. The molecule has 0 radical (unpaired) electrons. The number of nitrogens with one attached hydrogen (secondary N) is 1.